The van der Waals surface area contributed by atoms with Gasteiger partial charge in [-0.05, 0) is 42.7 Å². The second kappa shape index (κ2) is 9.03. The van der Waals surface area contributed by atoms with Crippen molar-refractivity contribution in [2.45, 2.75) is 29.5 Å². The van der Waals surface area contributed by atoms with E-state index in [4.69, 9.17) is 17.3 Å². The second-order valence-corrected chi connectivity index (χ2v) is 11.3. The largest absolute Gasteiger partial charge is 0.465 e. The van der Waals surface area contributed by atoms with Crippen LogP contribution in [0.5, 0.6) is 0 Å². The molecule has 1 saturated carbocycles. The molecule has 1 aliphatic heterocycles. The van der Waals surface area contributed by atoms with Gasteiger partial charge >= 0.3 is 12.3 Å². The van der Waals surface area contributed by atoms with Gasteiger partial charge in [-0.2, -0.15) is 22.5 Å². The zero-order valence-electron chi connectivity index (χ0n) is 19.5. The molecule has 16 heteroatoms. The average Bonchev–Trinajstić information content (AvgIpc) is 3.47. The zero-order valence-corrected chi connectivity index (χ0v) is 21.0. The molecule has 3 aromatic rings. The Hall–Kier alpha value is -3.56. The molecule has 0 unspecified atom stereocenters. The van der Waals surface area contributed by atoms with E-state index in [0.29, 0.717) is 12.8 Å². The van der Waals surface area contributed by atoms with Crippen molar-refractivity contribution in [1.82, 2.24) is 24.4 Å². The van der Waals surface area contributed by atoms with Gasteiger partial charge in [-0.3, -0.25) is 0 Å². The smallest absolute Gasteiger partial charge is 0.417 e. The van der Waals surface area contributed by atoms with Gasteiger partial charge < -0.3 is 21.1 Å². The number of rotatable bonds is 5. The third-order valence-corrected chi connectivity index (χ3v) is 8.89. The molecule has 202 valence electrons. The Kier molecular flexibility index (Phi) is 6.19. The van der Waals surface area contributed by atoms with Crippen LogP contribution in [0.2, 0.25) is 5.02 Å². The summed E-state index contributed by atoms with van der Waals surface area (Å²) in [6.07, 6.45) is -4.85. The van der Waals surface area contributed by atoms with Gasteiger partial charge in [-0.25, -0.2) is 18.3 Å². The topological polar surface area (TPSA) is 158 Å². The van der Waals surface area contributed by atoms with Gasteiger partial charge in [-0.15, -0.1) is 5.10 Å². The molecule has 11 nitrogen and oxygen atoms in total. The normalized spacial score (nSPS) is 17.5. The van der Waals surface area contributed by atoms with Gasteiger partial charge in [0.15, 0.2) is 0 Å². The van der Waals surface area contributed by atoms with Crippen LogP contribution in [-0.4, -0.2) is 69.2 Å². The highest BCUT2D eigenvalue weighted by atomic mass is 35.5. The average molecular weight is 572 g/mol. The van der Waals surface area contributed by atoms with Crippen molar-refractivity contribution in [3.05, 3.63) is 47.0 Å². The maximum Gasteiger partial charge on any atom is 0.417 e. The minimum atomic E-state index is -4.79. The molecule has 1 amide bonds. The number of nitrogen functional groups attached to an aromatic ring is 1. The maximum atomic E-state index is 14.0. The summed E-state index contributed by atoms with van der Waals surface area (Å²) in [5.74, 6) is -0.0794. The predicted molar refractivity (Wildman–Crippen MR) is 131 cm³/mol. The molecular formula is C22H21ClF3N7O4S. The quantitative estimate of drug-likeness (QED) is 0.358. The second-order valence-electron chi connectivity index (χ2n) is 9.08. The number of H-pyrrole nitrogens is 1. The standard InChI is InChI=1S/C22H21ClF3N7O4S/c23-16-10-13(28-19-29-18(27)30-31-19)9-15(22(24,25)26)17(16)12-1-3-14(4-2-12)38(36,37)33-8-7-32(20(34)35)11-21(33)5-6-21/h1-4,9-10H,5-8,11H2,(H,34,35)(H4,27,28,29,30,31). The lowest BCUT2D eigenvalue weighted by atomic mass is 9.98. The number of anilines is 3. The highest BCUT2D eigenvalue weighted by Crippen LogP contribution is 2.47. The number of hydrogen-bond donors (Lipinski definition) is 4. The molecule has 0 radical (unpaired) electrons. The Morgan fingerprint density at radius 3 is 2.42 bits per heavy atom. The summed E-state index contributed by atoms with van der Waals surface area (Å²) in [6, 6.07) is 7.09. The summed E-state index contributed by atoms with van der Waals surface area (Å²) >= 11 is 6.29. The van der Waals surface area contributed by atoms with E-state index in [1.165, 1.54) is 39.5 Å². The zero-order chi connectivity index (χ0) is 27.5. The van der Waals surface area contributed by atoms with Crippen LogP contribution in [0.4, 0.5) is 35.5 Å². The number of nitrogens with two attached hydrogens (primary N) is 1. The number of carboxylic acid groups (broad SMARTS) is 1. The molecule has 5 N–H and O–H groups in total. The van der Waals surface area contributed by atoms with Crippen LogP contribution in [0.15, 0.2) is 41.3 Å². The first-order valence-electron chi connectivity index (χ1n) is 11.3. The highest BCUT2D eigenvalue weighted by molar-refractivity contribution is 7.89. The van der Waals surface area contributed by atoms with E-state index in [1.54, 1.807) is 0 Å². The number of aromatic amines is 1. The van der Waals surface area contributed by atoms with Crippen LogP contribution in [0.3, 0.4) is 0 Å². The first-order chi connectivity index (χ1) is 17.8. The van der Waals surface area contributed by atoms with E-state index in [9.17, 15) is 31.5 Å². The van der Waals surface area contributed by atoms with Crippen molar-refractivity contribution in [3.63, 3.8) is 0 Å². The van der Waals surface area contributed by atoms with Crippen molar-refractivity contribution in [3.8, 4) is 11.1 Å². The fourth-order valence-corrected chi connectivity index (χ4v) is 6.76. The van der Waals surface area contributed by atoms with Gasteiger partial charge in [0.1, 0.15) is 0 Å². The third-order valence-electron chi connectivity index (χ3n) is 6.57. The molecule has 2 aromatic carbocycles. The number of sulfonamides is 1. The van der Waals surface area contributed by atoms with Crippen molar-refractivity contribution in [2.75, 3.05) is 30.7 Å². The highest BCUT2D eigenvalue weighted by Gasteiger charge is 2.56. The van der Waals surface area contributed by atoms with Crippen molar-refractivity contribution in [1.29, 1.82) is 0 Å². The SMILES string of the molecule is Nc1nc(Nc2cc(Cl)c(-c3ccc(S(=O)(=O)N4CCN(C(=O)O)CC45CC5)cc3)c(C(F)(F)F)c2)n[nH]1. The van der Waals surface area contributed by atoms with Crippen LogP contribution in [0.25, 0.3) is 11.1 Å². The van der Waals surface area contributed by atoms with Gasteiger partial charge in [0.2, 0.25) is 21.9 Å². The molecule has 1 aliphatic carbocycles. The van der Waals surface area contributed by atoms with Gasteiger partial charge in [-0.1, -0.05) is 23.7 Å². The van der Waals surface area contributed by atoms with E-state index < -0.39 is 33.4 Å². The Morgan fingerprint density at radius 1 is 1.18 bits per heavy atom. The molecule has 0 atom stereocenters. The van der Waals surface area contributed by atoms with Crippen molar-refractivity contribution >= 4 is 45.3 Å². The lowest BCUT2D eigenvalue weighted by molar-refractivity contribution is -0.137. The molecule has 2 aliphatic rings. The van der Waals surface area contributed by atoms with Crippen molar-refractivity contribution in [2.24, 2.45) is 0 Å². The molecule has 1 saturated heterocycles. The Balaban J connectivity index is 1.46. The predicted octanol–water partition coefficient (Wildman–Crippen LogP) is 3.99. The number of aromatic nitrogens is 3. The fourth-order valence-electron chi connectivity index (χ4n) is 4.63. The van der Waals surface area contributed by atoms with Gasteiger partial charge in [0, 0.05) is 30.9 Å². The minimum absolute atomic E-state index is 0.00853. The first kappa shape index (κ1) is 26.1. The van der Waals surface area contributed by atoms with E-state index in [1.807, 2.05) is 0 Å². The summed E-state index contributed by atoms with van der Waals surface area (Å²) in [6.45, 7) is 0.0933. The number of benzene rings is 2. The van der Waals surface area contributed by atoms with E-state index in [-0.39, 0.29) is 58.3 Å². The summed E-state index contributed by atoms with van der Waals surface area (Å²) in [7, 11) is -4.02. The van der Waals surface area contributed by atoms with Crippen LogP contribution in [0.1, 0.15) is 18.4 Å². The minimum Gasteiger partial charge on any atom is -0.465 e. The molecule has 2 fully saturated rings. The number of alkyl halides is 3. The monoisotopic (exact) mass is 571 g/mol. The molecule has 5 rings (SSSR count). The lowest BCUT2D eigenvalue weighted by Gasteiger charge is -2.40. The van der Waals surface area contributed by atoms with Gasteiger partial charge in [0.25, 0.3) is 0 Å². The number of nitrogens with zero attached hydrogens (tertiary/aromatic N) is 4. The molecule has 1 spiro atoms. The molecule has 2 heterocycles. The Morgan fingerprint density at radius 2 is 1.87 bits per heavy atom. The van der Waals surface area contributed by atoms with Crippen LogP contribution >= 0.6 is 11.6 Å². The number of halogens is 4. The first-order valence-corrected chi connectivity index (χ1v) is 13.1. The fraction of sp³-hybridized carbons (Fsp3) is 0.318. The van der Waals surface area contributed by atoms with E-state index in [0.717, 1.165) is 6.07 Å². The van der Waals surface area contributed by atoms with E-state index in [2.05, 4.69) is 20.5 Å². The molecule has 1 aromatic heterocycles. The Labute approximate surface area is 219 Å². The summed E-state index contributed by atoms with van der Waals surface area (Å²) in [5.41, 5.74) is 3.31. The summed E-state index contributed by atoms with van der Waals surface area (Å²) < 4.78 is 70.2. The Bertz CT molecular complexity index is 1510. The summed E-state index contributed by atoms with van der Waals surface area (Å²) in [5, 5.41) is 17.7. The molecule has 0 bridgehead atoms. The lowest BCUT2D eigenvalue weighted by Crippen LogP contribution is -2.57. The molecule has 38 heavy (non-hydrogen) atoms. The summed E-state index contributed by atoms with van der Waals surface area (Å²) in [4.78, 5) is 16.2. The third kappa shape index (κ3) is 4.72. The number of carbonyl (C=O) groups is 1. The number of amides is 1. The maximum absolute atomic E-state index is 14.0. The number of hydrogen-bond acceptors (Lipinski definition) is 7. The number of nitrogens with one attached hydrogen (secondary N) is 2. The molecular weight excluding hydrogens is 551 g/mol. The number of piperazine rings is 1. The van der Waals surface area contributed by atoms with Crippen LogP contribution in [0, 0.1) is 0 Å². The van der Waals surface area contributed by atoms with Crippen molar-refractivity contribution < 1.29 is 31.5 Å². The van der Waals surface area contributed by atoms with Gasteiger partial charge in [0.05, 0.1) is 21.0 Å². The van der Waals surface area contributed by atoms with Crippen LogP contribution < -0.4 is 11.1 Å². The van der Waals surface area contributed by atoms with E-state index >= 15 is 0 Å². The van der Waals surface area contributed by atoms with Crippen LogP contribution in [-0.2, 0) is 16.2 Å².